The number of hydrogen-bond acceptors (Lipinski definition) is 11. The molecule has 16 nitrogen and oxygen atoms in total. The Balaban J connectivity index is 0.00000191. The molecule has 0 aliphatic carbocycles. The van der Waals surface area contributed by atoms with Crippen LogP contribution in [0.3, 0.4) is 0 Å². The molecule has 2 aliphatic rings. The van der Waals surface area contributed by atoms with Crippen molar-refractivity contribution in [2.24, 2.45) is 23.7 Å². The van der Waals surface area contributed by atoms with E-state index >= 15 is 0 Å². The molecule has 2 saturated heterocycles. The Hall–Kier alpha value is -4.17. The number of likely N-dealkylation sites (N-methyl/N-ethyl adjacent to an activating group) is 2. The van der Waals surface area contributed by atoms with E-state index in [1.807, 2.05) is 71.9 Å². The van der Waals surface area contributed by atoms with Crippen molar-refractivity contribution in [2.75, 3.05) is 41.5 Å². The number of halogens is 3. The highest BCUT2D eigenvalue weighted by molar-refractivity contribution is 5.92. The van der Waals surface area contributed by atoms with Crippen LogP contribution in [0.15, 0.2) is 30.3 Å². The second-order valence-corrected chi connectivity index (χ2v) is 18.1. The normalized spacial score (nSPS) is 20.8. The van der Waals surface area contributed by atoms with E-state index in [4.69, 9.17) is 24.2 Å². The molecule has 370 valence electrons. The van der Waals surface area contributed by atoms with Gasteiger partial charge in [0.05, 0.1) is 42.9 Å². The summed E-state index contributed by atoms with van der Waals surface area (Å²) in [6.07, 6.45) is -2.36. The predicted octanol–water partition coefficient (Wildman–Crippen LogP) is 4.30. The Morgan fingerprint density at radius 2 is 1.54 bits per heavy atom. The monoisotopic (exact) mass is 929 g/mol. The first-order valence-corrected chi connectivity index (χ1v) is 22.6. The van der Waals surface area contributed by atoms with E-state index in [0.29, 0.717) is 26.0 Å². The maximum absolute atomic E-state index is 14.2. The van der Waals surface area contributed by atoms with Crippen LogP contribution in [0.5, 0.6) is 0 Å². The molecule has 2 aliphatic heterocycles. The lowest BCUT2D eigenvalue weighted by molar-refractivity contribution is -0.203. The summed E-state index contributed by atoms with van der Waals surface area (Å²) < 4.78 is 43.7. The van der Waals surface area contributed by atoms with Crippen molar-refractivity contribution in [2.45, 2.75) is 154 Å². The second-order valence-electron chi connectivity index (χ2n) is 18.1. The average molecular weight is 929 g/mol. The van der Waals surface area contributed by atoms with Crippen LogP contribution in [-0.2, 0) is 49.5 Å². The molecule has 0 spiro atoms. The van der Waals surface area contributed by atoms with Crippen LogP contribution < -0.4 is 21.3 Å². The summed E-state index contributed by atoms with van der Waals surface area (Å²) in [5.41, 5.74) is -0.370. The third kappa shape index (κ3) is 16.3. The molecule has 5 N–H and O–H groups in total. The standard InChI is InChI=1S/C44H74N6O8.C2HF3O2/c1-13-29(6)38(49(10)42(54)37(28(4)5)47-41(53)36(45-9)27(2)3)35(56-11)25-34(51)32-21-22-33(46-32)39(57-12)30(7)40(52)48-44(8,26-31-19-15-14-16-20-31)43(55)50-23-17-18-24-58-50;3-2(4,5)1(6)7/h14-16,19-20,27-30,32-33,35-39,45-46H,13,17-18,21-26H2,1-12H3,(H,47,53)(H,48,52);(H,6,7)/t29-,30+,32?,33-,35+,36-,37-,38-,39+,44-;/m0./s1. The number of alkyl halides is 3. The van der Waals surface area contributed by atoms with E-state index in [1.54, 1.807) is 47.1 Å². The van der Waals surface area contributed by atoms with Gasteiger partial charge in [0, 0.05) is 46.7 Å². The van der Waals surface area contributed by atoms with Gasteiger partial charge in [0.1, 0.15) is 11.6 Å². The molecule has 4 amide bonds. The smallest absolute Gasteiger partial charge is 0.475 e. The minimum atomic E-state index is -5.08. The molecule has 2 heterocycles. The zero-order valence-electron chi connectivity index (χ0n) is 40.3. The number of nitrogens with one attached hydrogen (secondary N) is 4. The Bertz CT molecular complexity index is 1700. The average Bonchev–Trinajstić information content (AvgIpc) is 3.75. The van der Waals surface area contributed by atoms with Crippen LogP contribution in [0.2, 0.25) is 0 Å². The van der Waals surface area contributed by atoms with E-state index in [1.165, 1.54) is 5.06 Å². The number of carbonyl (C=O) groups excluding carboxylic acids is 5. The van der Waals surface area contributed by atoms with Crippen molar-refractivity contribution < 1.29 is 61.4 Å². The van der Waals surface area contributed by atoms with Crippen LogP contribution in [0.4, 0.5) is 13.2 Å². The van der Waals surface area contributed by atoms with Gasteiger partial charge in [-0.1, -0.05) is 85.2 Å². The van der Waals surface area contributed by atoms with E-state index < -0.39 is 60.0 Å². The number of rotatable bonds is 22. The summed E-state index contributed by atoms with van der Waals surface area (Å²) in [6, 6.07) is 7.12. The number of benzene rings is 1. The number of ketones is 1. The lowest BCUT2D eigenvalue weighted by Gasteiger charge is -2.40. The summed E-state index contributed by atoms with van der Waals surface area (Å²) in [5.74, 6) is -4.75. The molecule has 65 heavy (non-hydrogen) atoms. The highest BCUT2D eigenvalue weighted by Gasteiger charge is 2.45. The summed E-state index contributed by atoms with van der Waals surface area (Å²) >= 11 is 0. The second kappa shape index (κ2) is 26.2. The number of hydrogen-bond donors (Lipinski definition) is 5. The number of Topliss-reactive ketones (excluding diaryl/α,β-unsaturated/α-hetero) is 1. The quantitative estimate of drug-likeness (QED) is 0.111. The van der Waals surface area contributed by atoms with Crippen molar-refractivity contribution in [1.82, 2.24) is 31.2 Å². The maximum Gasteiger partial charge on any atom is 0.490 e. The van der Waals surface area contributed by atoms with Gasteiger partial charge in [-0.15, -0.1) is 0 Å². The number of nitrogens with zero attached hydrogens (tertiary/aromatic N) is 2. The third-order valence-corrected chi connectivity index (χ3v) is 12.5. The minimum absolute atomic E-state index is 0.0154. The molecule has 2 fully saturated rings. The first-order valence-electron chi connectivity index (χ1n) is 22.6. The SMILES string of the molecule is CC[C@H](C)[C@@H]([C@@H](CC(=O)C1CC[C@@H]([C@H](OC)[C@@H](C)C(=O)N[C@@](C)(Cc2ccccc2)C(=O)N2CCCCO2)N1)OC)N(C)C(=O)[C@@H](NC(=O)[C@@H](NC)C(C)C)C(C)C.O=C(O)C(F)(F)F. The number of amides is 4. The molecule has 0 bridgehead atoms. The molecule has 1 aromatic rings. The van der Waals surface area contributed by atoms with Crippen molar-refractivity contribution in [3.8, 4) is 0 Å². The highest BCUT2D eigenvalue weighted by atomic mass is 19.4. The molecule has 0 saturated carbocycles. The van der Waals surface area contributed by atoms with Crippen LogP contribution in [-0.4, -0.2) is 146 Å². The number of ether oxygens (including phenoxy) is 2. The van der Waals surface area contributed by atoms with Gasteiger partial charge in [-0.25, -0.2) is 9.86 Å². The van der Waals surface area contributed by atoms with Gasteiger partial charge in [0.25, 0.3) is 5.91 Å². The number of carbonyl (C=O) groups is 6. The van der Waals surface area contributed by atoms with Crippen LogP contribution in [0.1, 0.15) is 99.5 Å². The molecule has 3 rings (SSSR count). The van der Waals surface area contributed by atoms with E-state index in [9.17, 15) is 37.1 Å². The zero-order valence-corrected chi connectivity index (χ0v) is 40.3. The fourth-order valence-electron chi connectivity index (χ4n) is 8.56. The van der Waals surface area contributed by atoms with Gasteiger partial charge in [-0.2, -0.15) is 13.2 Å². The topological polar surface area (TPSA) is 205 Å². The number of hydroxylamine groups is 2. The Morgan fingerprint density at radius 3 is 2.02 bits per heavy atom. The molecule has 1 unspecified atom stereocenters. The molecular formula is C46H75F3N6O10. The third-order valence-electron chi connectivity index (χ3n) is 12.5. The predicted molar refractivity (Wildman–Crippen MR) is 238 cm³/mol. The number of methoxy groups -OCH3 is 2. The van der Waals surface area contributed by atoms with Gasteiger partial charge >= 0.3 is 12.1 Å². The lowest BCUT2D eigenvalue weighted by Crippen LogP contribution is -2.61. The molecule has 0 radical (unpaired) electrons. The molecule has 1 aromatic carbocycles. The van der Waals surface area contributed by atoms with Crippen molar-refractivity contribution >= 4 is 35.4 Å². The number of carboxylic acid groups (broad SMARTS) is 1. The fraction of sp³-hybridized carbons (Fsp3) is 0.739. The van der Waals surface area contributed by atoms with Crippen LogP contribution >= 0.6 is 0 Å². The van der Waals surface area contributed by atoms with Gasteiger partial charge in [-0.05, 0) is 63.0 Å². The van der Waals surface area contributed by atoms with Crippen LogP contribution in [0.25, 0.3) is 0 Å². The summed E-state index contributed by atoms with van der Waals surface area (Å²) in [5, 5.41) is 21.1. The summed E-state index contributed by atoms with van der Waals surface area (Å²) in [7, 11) is 6.58. The molecule has 19 heteroatoms. The Kier molecular flexibility index (Phi) is 23.0. The largest absolute Gasteiger partial charge is 0.490 e. The van der Waals surface area contributed by atoms with Gasteiger partial charge < -0.3 is 40.7 Å². The van der Waals surface area contributed by atoms with E-state index in [-0.39, 0.29) is 66.0 Å². The van der Waals surface area contributed by atoms with Crippen molar-refractivity contribution in [3.05, 3.63) is 35.9 Å². The molecule has 0 aromatic heterocycles. The highest BCUT2D eigenvalue weighted by Crippen LogP contribution is 2.28. The minimum Gasteiger partial charge on any atom is -0.475 e. The van der Waals surface area contributed by atoms with E-state index in [0.717, 1.165) is 24.8 Å². The summed E-state index contributed by atoms with van der Waals surface area (Å²) in [6.45, 7) is 16.2. The first-order chi connectivity index (χ1) is 30.4. The Morgan fingerprint density at radius 1 is 0.938 bits per heavy atom. The molecule has 10 atom stereocenters. The number of carboxylic acids is 1. The Labute approximate surface area is 382 Å². The van der Waals surface area contributed by atoms with Crippen molar-refractivity contribution in [1.29, 1.82) is 0 Å². The maximum atomic E-state index is 14.2. The first kappa shape index (κ1) is 57.0. The van der Waals surface area contributed by atoms with Gasteiger partial charge in [0.15, 0.2) is 5.78 Å². The zero-order chi connectivity index (χ0) is 49.4. The molecular weight excluding hydrogens is 854 g/mol. The summed E-state index contributed by atoms with van der Waals surface area (Å²) in [4.78, 5) is 85.6. The lowest BCUT2D eigenvalue weighted by atomic mass is 9.88. The van der Waals surface area contributed by atoms with Crippen molar-refractivity contribution in [3.63, 3.8) is 0 Å². The van der Waals surface area contributed by atoms with Gasteiger partial charge in [0.2, 0.25) is 17.7 Å². The van der Waals surface area contributed by atoms with Crippen LogP contribution in [0, 0.1) is 23.7 Å². The van der Waals surface area contributed by atoms with Gasteiger partial charge in [-0.3, -0.25) is 28.8 Å². The van der Waals surface area contributed by atoms with E-state index in [2.05, 4.69) is 21.3 Å². The number of aliphatic carboxylic acids is 1. The fourth-order valence-corrected chi connectivity index (χ4v) is 8.56.